The molecule has 0 saturated heterocycles. The van der Waals surface area contributed by atoms with Crippen molar-refractivity contribution in [3.05, 3.63) is 12.3 Å². The molecule has 0 spiro atoms. The first kappa shape index (κ1) is 4.89. The average Bonchev–Trinajstić information content (AvgIpc) is 1.38. The van der Waals surface area contributed by atoms with E-state index in [0.29, 0.717) is 11.4 Å². The molecular formula is C3H6NS. The molecule has 0 bridgehead atoms. The van der Waals surface area contributed by atoms with Crippen LogP contribution in [-0.2, 0) is 0 Å². The van der Waals surface area contributed by atoms with Crippen LogP contribution in [0.2, 0.25) is 0 Å². The number of nitrogens with two attached hydrogens (primary N) is 1. The van der Waals surface area contributed by atoms with Crippen LogP contribution in [0.5, 0.6) is 0 Å². The number of rotatable bonds is 1. The van der Waals surface area contributed by atoms with Crippen molar-refractivity contribution in [2.75, 3.05) is 5.75 Å². The van der Waals surface area contributed by atoms with Crippen molar-refractivity contribution in [3.63, 3.8) is 0 Å². The van der Waals surface area contributed by atoms with Gasteiger partial charge in [0.15, 0.2) is 0 Å². The van der Waals surface area contributed by atoms with Gasteiger partial charge in [0.05, 0.1) is 0 Å². The Bertz CT molecular complexity index is 42.2. The second kappa shape index (κ2) is 2.15. The Morgan fingerprint density at radius 3 is 2.20 bits per heavy atom. The van der Waals surface area contributed by atoms with Gasteiger partial charge in [-0.15, -0.1) is 0 Å². The van der Waals surface area contributed by atoms with Crippen molar-refractivity contribution in [2.24, 2.45) is 5.73 Å². The van der Waals surface area contributed by atoms with Crippen LogP contribution in [0.4, 0.5) is 0 Å². The zero-order chi connectivity index (χ0) is 4.28. The lowest BCUT2D eigenvalue weighted by Gasteiger charge is -1.79. The molecule has 0 fully saturated rings. The van der Waals surface area contributed by atoms with E-state index in [1.807, 2.05) is 0 Å². The van der Waals surface area contributed by atoms with E-state index in [4.69, 9.17) is 5.73 Å². The minimum atomic E-state index is 0.472. The molecule has 0 rings (SSSR count). The largest absolute Gasteiger partial charge is 0.402 e. The molecule has 1 nitrogen and oxygen atoms in total. The van der Waals surface area contributed by atoms with Crippen molar-refractivity contribution in [1.82, 2.24) is 0 Å². The van der Waals surface area contributed by atoms with Crippen molar-refractivity contribution in [2.45, 2.75) is 0 Å². The van der Waals surface area contributed by atoms with Crippen LogP contribution in [0.25, 0.3) is 0 Å². The highest BCUT2D eigenvalue weighted by molar-refractivity contribution is 7.80. The smallest absolute Gasteiger partial charge is 0.0428 e. The van der Waals surface area contributed by atoms with Gasteiger partial charge in [-0.3, -0.25) is 0 Å². The lowest BCUT2D eigenvalue weighted by Crippen LogP contribution is -1.93. The number of hydrogen-bond donors (Lipinski definition) is 1. The fourth-order valence-corrected chi connectivity index (χ4v) is 0. The van der Waals surface area contributed by atoms with Gasteiger partial charge in [0.25, 0.3) is 0 Å². The van der Waals surface area contributed by atoms with E-state index in [2.05, 4.69) is 19.2 Å². The maximum Gasteiger partial charge on any atom is 0.0428 e. The Hall–Kier alpha value is -0.110. The minimum absolute atomic E-state index is 0.472. The van der Waals surface area contributed by atoms with E-state index < -0.39 is 0 Å². The third kappa shape index (κ3) is 3.89. The molecule has 0 saturated carbocycles. The summed E-state index contributed by atoms with van der Waals surface area (Å²) in [6.07, 6.45) is 0. The lowest BCUT2D eigenvalue weighted by atomic mass is 10.6. The van der Waals surface area contributed by atoms with Gasteiger partial charge < -0.3 is 5.73 Å². The van der Waals surface area contributed by atoms with Crippen LogP contribution in [0, 0.1) is 0 Å². The third-order valence-corrected chi connectivity index (χ3v) is 0.556. The topological polar surface area (TPSA) is 26.0 Å². The SMILES string of the molecule is C=C(N)C[S]. The van der Waals surface area contributed by atoms with Gasteiger partial charge in [-0.25, -0.2) is 0 Å². The summed E-state index contributed by atoms with van der Waals surface area (Å²) in [5, 5.41) is 0. The summed E-state index contributed by atoms with van der Waals surface area (Å²) in [6.45, 7) is 3.35. The standard InChI is InChI=1S/C3H6NS/c1-3(4)2-5/h1-2,4H2. The lowest BCUT2D eigenvalue weighted by molar-refractivity contribution is 1.36. The van der Waals surface area contributed by atoms with E-state index >= 15 is 0 Å². The first-order chi connectivity index (χ1) is 2.27. The van der Waals surface area contributed by atoms with Crippen LogP contribution in [0.1, 0.15) is 0 Å². The molecule has 0 aliphatic carbocycles. The first-order valence-corrected chi connectivity index (χ1v) is 1.86. The van der Waals surface area contributed by atoms with Gasteiger partial charge in [-0.2, -0.15) is 0 Å². The molecule has 0 aromatic rings. The predicted molar refractivity (Wildman–Crippen MR) is 25.8 cm³/mol. The molecule has 29 valence electrons. The van der Waals surface area contributed by atoms with Gasteiger partial charge in [-0.1, -0.05) is 19.2 Å². The van der Waals surface area contributed by atoms with E-state index in [1.165, 1.54) is 0 Å². The minimum Gasteiger partial charge on any atom is -0.402 e. The molecule has 2 N–H and O–H groups in total. The molecule has 0 atom stereocenters. The Kier molecular flexibility index (Phi) is 2.10. The fourth-order valence-electron chi connectivity index (χ4n) is 0. The van der Waals surface area contributed by atoms with Crippen molar-refractivity contribution >= 4 is 12.6 Å². The molecule has 0 aromatic carbocycles. The molecule has 0 aliphatic heterocycles. The maximum absolute atomic E-state index is 4.99. The van der Waals surface area contributed by atoms with Gasteiger partial charge in [0, 0.05) is 11.4 Å². The van der Waals surface area contributed by atoms with E-state index in [1.54, 1.807) is 0 Å². The molecule has 2 heteroatoms. The van der Waals surface area contributed by atoms with Crippen LogP contribution in [-0.4, -0.2) is 5.75 Å². The summed E-state index contributed by atoms with van der Waals surface area (Å²) >= 11 is 4.45. The van der Waals surface area contributed by atoms with E-state index in [9.17, 15) is 0 Å². The van der Waals surface area contributed by atoms with Gasteiger partial charge in [-0.05, 0) is 0 Å². The molecule has 1 radical (unpaired) electrons. The van der Waals surface area contributed by atoms with Crippen LogP contribution >= 0.6 is 12.6 Å². The molecule has 0 aromatic heterocycles. The summed E-state index contributed by atoms with van der Waals surface area (Å²) in [5.74, 6) is 0.472. The normalized spacial score (nSPS) is 7.40. The summed E-state index contributed by atoms with van der Waals surface area (Å²) in [4.78, 5) is 0. The van der Waals surface area contributed by atoms with Crippen LogP contribution < -0.4 is 5.73 Å². The molecule has 0 unspecified atom stereocenters. The van der Waals surface area contributed by atoms with E-state index in [-0.39, 0.29) is 0 Å². The zero-order valence-corrected chi connectivity index (χ0v) is 3.72. The first-order valence-electron chi connectivity index (χ1n) is 1.28. The Balaban J connectivity index is 2.85. The van der Waals surface area contributed by atoms with Crippen LogP contribution in [0.3, 0.4) is 0 Å². The highest BCUT2D eigenvalue weighted by atomic mass is 32.1. The zero-order valence-electron chi connectivity index (χ0n) is 2.90. The summed E-state index contributed by atoms with van der Waals surface area (Å²) in [5.41, 5.74) is 5.56. The second-order valence-electron chi connectivity index (χ2n) is 0.803. The quantitative estimate of drug-likeness (QED) is 0.500. The molecular weight excluding hydrogens is 82.1 g/mol. The van der Waals surface area contributed by atoms with Crippen molar-refractivity contribution in [3.8, 4) is 0 Å². The second-order valence-corrected chi connectivity index (χ2v) is 1.09. The summed E-state index contributed by atoms with van der Waals surface area (Å²) in [6, 6.07) is 0. The Labute approximate surface area is 37.3 Å². The molecule has 0 heterocycles. The van der Waals surface area contributed by atoms with Crippen LogP contribution in [0.15, 0.2) is 12.3 Å². The highest BCUT2D eigenvalue weighted by Gasteiger charge is 1.69. The van der Waals surface area contributed by atoms with Gasteiger partial charge in [0.1, 0.15) is 0 Å². The monoisotopic (exact) mass is 88.0 g/mol. The van der Waals surface area contributed by atoms with Gasteiger partial charge >= 0.3 is 0 Å². The molecule has 0 aliphatic rings. The predicted octanol–water partition coefficient (Wildman–Crippen LogP) is 0.656. The summed E-state index contributed by atoms with van der Waals surface area (Å²) in [7, 11) is 0. The number of hydrogen-bond acceptors (Lipinski definition) is 1. The van der Waals surface area contributed by atoms with Gasteiger partial charge in [0.2, 0.25) is 0 Å². The Morgan fingerprint density at radius 2 is 2.20 bits per heavy atom. The average molecular weight is 88.2 g/mol. The Morgan fingerprint density at radius 1 is 2.00 bits per heavy atom. The third-order valence-electron chi connectivity index (χ3n) is 0.185. The molecule has 0 amide bonds. The van der Waals surface area contributed by atoms with Crippen molar-refractivity contribution < 1.29 is 0 Å². The highest BCUT2D eigenvalue weighted by Crippen LogP contribution is 1.76. The summed E-state index contributed by atoms with van der Waals surface area (Å²) < 4.78 is 0. The molecule has 5 heavy (non-hydrogen) atoms. The fraction of sp³-hybridized carbons (Fsp3) is 0.333. The maximum atomic E-state index is 4.99. The van der Waals surface area contributed by atoms with Crippen molar-refractivity contribution in [1.29, 1.82) is 0 Å². The van der Waals surface area contributed by atoms with E-state index in [0.717, 1.165) is 0 Å².